The van der Waals surface area contributed by atoms with Gasteiger partial charge < -0.3 is 10.1 Å². The van der Waals surface area contributed by atoms with Crippen LogP contribution in [-0.2, 0) is 0 Å². The second kappa shape index (κ2) is 7.12. The highest BCUT2D eigenvalue weighted by molar-refractivity contribution is 5.38. The summed E-state index contributed by atoms with van der Waals surface area (Å²) in [6.45, 7) is 4.43. The van der Waals surface area contributed by atoms with Crippen molar-refractivity contribution in [3.63, 3.8) is 0 Å². The largest absolute Gasteiger partial charge is 0.496 e. The summed E-state index contributed by atoms with van der Waals surface area (Å²) in [4.78, 5) is 0. The van der Waals surface area contributed by atoms with Crippen LogP contribution >= 0.6 is 0 Å². The summed E-state index contributed by atoms with van der Waals surface area (Å²) in [5.74, 6) is 2.67. The van der Waals surface area contributed by atoms with Crippen molar-refractivity contribution in [1.82, 2.24) is 5.32 Å². The molecule has 0 saturated heterocycles. The number of hydrogen-bond donors (Lipinski definition) is 1. The highest BCUT2D eigenvalue weighted by atomic mass is 16.5. The van der Waals surface area contributed by atoms with Crippen LogP contribution in [0.3, 0.4) is 0 Å². The molecule has 3 unspecified atom stereocenters. The number of aryl methyl sites for hydroxylation is 1. The van der Waals surface area contributed by atoms with Gasteiger partial charge in [-0.25, -0.2) is 0 Å². The molecule has 1 saturated carbocycles. The van der Waals surface area contributed by atoms with Gasteiger partial charge in [0.05, 0.1) is 7.11 Å². The first-order valence-electron chi connectivity index (χ1n) is 8.01. The third-order valence-electron chi connectivity index (χ3n) is 4.97. The molecule has 1 aliphatic rings. The van der Waals surface area contributed by atoms with Crippen molar-refractivity contribution >= 4 is 0 Å². The van der Waals surface area contributed by atoms with Crippen molar-refractivity contribution in [2.24, 2.45) is 11.8 Å². The fourth-order valence-electron chi connectivity index (χ4n) is 3.71. The first-order chi connectivity index (χ1) is 9.69. The van der Waals surface area contributed by atoms with E-state index in [9.17, 15) is 0 Å². The smallest absolute Gasteiger partial charge is 0.122 e. The minimum absolute atomic E-state index is 0.457. The lowest BCUT2D eigenvalue weighted by Crippen LogP contribution is -2.29. The van der Waals surface area contributed by atoms with Crippen LogP contribution in [0.5, 0.6) is 5.75 Å². The third-order valence-corrected chi connectivity index (χ3v) is 4.97. The van der Waals surface area contributed by atoms with E-state index in [1.54, 1.807) is 7.11 Å². The van der Waals surface area contributed by atoms with Crippen LogP contribution in [0, 0.1) is 18.8 Å². The van der Waals surface area contributed by atoms with Crippen molar-refractivity contribution in [2.45, 2.75) is 52.0 Å². The van der Waals surface area contributed by atoms with Crippen molar-refractivity contribution in [1.29, 1.82) is 0 Å². The zero-order valence-electron chi connectivity index (χ0n) is 13.4. The van der Waals surface area contributed by atoms with Crippen LogP contribution in [0.2, 0.25) is 0 Å². The van der Waals surface area contributed by atoms with Gasteiger partial charge in [-0.2, -0.15) is 0 Å². The summed E-state index contributed by atoms with van der Waals surface area (Å²) in [7, 11) is 3.85. The molecule has 1 aliphatic carbocycles. The van der Waals surface area contributed by atoms with Crippen LogP contribution in [-0.4, -0.2) is 14.2 Å². The van der Waals surface area contributed by atoms with Crippen LogP contribution in [0.25, 0.3) is 0 Å². The Hall–Kier alpha value is -1.02. The second-order valence-corrected chi connectivity index (χ2v) is 6.20. The molecule has 1 N–H and O–H groups in total. The Kier molecular flexibility index (Phi) is 5.47. The topological polar surface area (TPSA) is 21.3 Å². The molecule has 1 aromatic rings. The van der Waals surface area contributed by atoms with Gasteiger partial charge in [-0.3, -0.25) is 0 Å². The number of nitrogens with one attached hydrogen (secondary N) is 1. The summed E-state index contributed by atoms with van der Waals surface area (Å²) in [5, 5.41) is 3.55. The minimum atomic E-state index is 0.457. The van der Waals surface area contributed by atoms with Gasteiger partial charge in [0.15, 0.2) is 0 Å². The molecule has 0 aromatic heterocycles. The molecule has 0 bridgehead atoms. The zero-order valence-corrected chi connectivity index (χ0v) is 13.4. The molecule has 0 radical (unpaired) electrons. The SMILES string of the molecule is CCC1CCCC(C(NC)c2ccc(C)c(OC)c2)C1. The van der Waals surface area contributed by atoms with E-state index in [1.165, 1.54) is 43.2 Å². The highest BCUT2D eigenvalue weighted by Crippen LogP contribution is 2.39. The fourth-order valence-corrected chi connectivity index (χ4v) is 3.71. The van der Waals surface area contributed by atoms with Gasteiger partial charge in [-0.1, -0.05) is 38.3 Å². The van der Waals surface area contributed by atoms with E-state index >= 15 is 0 Å². The standard InChI is InChI=1S/C18H29NO/c1-5-14-7-6-8-15(11-14)18(19-3)16-10-9-13(2)17(12-16)20-4/h9-10,12,14-15,18-19H,5-8,11H2,1-4H3. The van der Waals surface area contributed by atoms with E-state index in [0.29, 0.717) is 6.04 Å². The molecular formula is C18H29NO. The van der Waals surface area contributed by atoms with E-state index in [1.807, 2.05) is 0 Å². The molecule has 112 valence electrons. The van der Waals surface area contributed by atoms with Crippen LogP contribution in [0.4, 0.5) is 0 Å². The molecule has 1 aromatic carbocycles. The van der Waals surface area contributed by atoms with E-state index in [0.717, 1.165) is 17.6 Å². The Morgan fingerprint density at radius 3 is 2.80 bits per heavy atom. The molecule has 2 nitrogen and oxygen atoms in total. The van der Waals surface area contributed by atoms with Gasteiger partial charge >= 0.3 is 0 Å². The lowest BCUT2D eigenvalue weighted by atomic mass is 9.75. The maximum absolute atomic E-state index is 5.48. The van der Waals surface area contributed by atoms with E-state index in [-0.39, 0.29) is 0 Å². The van der Waals surface area contributed by atoms with Crippen molar-refractivity contribution in [2.75, 3.05) is 14.2 Å². The summed E-state index contributed by atoms with van der Waals surface area (Å²) < 4.78 is 5.48. The predicted octanol–water partition coefficient (Wildman–Crippen LogP) is 4.48. The molecular weight excluding hydrogens is 246 g/mol. The van der Waals surface area contributed by atoms with Crippen molar-refractivity contribution in [3.05, 3.63) is 29.3 Å². The summed E-state index contributed by atoms with van der Waals surface area (Å²) in [5.41, 5.74) is 2.58. The Balaban J connectivity index is 2.18. The lowest BCUT2D eigenvalue weighted by molar-refractivity contribution is 0.214. The predicted molar refractivity (Wildman–Crippen MR) is 85.3 cm³/mol. The molecule has 0 spiro atoms. The number of ether oxygens (including phenoxy) is 1. The van der Waals surface area contributed by atoms with E-state index in [4.69, 9.17) is 4.74 Å². The fraction of sp³-hybridized carbons (Fsp3) is 0.667. The van der Waals surface area contributed by atoms with Crippen LogP contribution in [0.15, 0.2) is 18.2 Å². The van der Waals surface area contributed by atoms with Gasteiger partial charge in [0.25, 0.3) is 0 Å². The first kappa shape index (κ1) is 15.4. The summed E-state index contributed by atoms with van der Waals surface area (Å²) in [6.07, 6.45) is 6.82. The van der Waals surface area contributed by atoms with E-state index < -0.39 is 0 Å². The Morgan fingerprint density at radius 2 is 2.15 bits per heavy atom. The van der Waals surface area contributed by atoms with Crippen molar-refractivity contribution < 1.29 is 4.74 Å². The lowest BCUT2D eigenvalue weighted by Gasteiger charge is -2.34. The van der Waals surface area contributed by atoms with Gasteiger partial charge in [0.1, 0.15) is 5.75 Å². The highest BCUT2D eigenvalue weighted by Gasteiger charge is 2.28. The number of rotatable bonds is 5. The van der Waals surface area contributed by atoms with E-state index in [2.05, 4.69) is 44.4 Å². The maximum atomic E-state index is 5.48. The summed E-state index contributed by atoms with van der Waals surface area (Å²) >= 11 is 0. The maximum Gasteiger partial charge on any atom is 0.122 e. The van der Waals surface area contributed by atoms with Crippen molar-refractivity contribution in [3.8, 4) is 5.75 Å². The number of hydrogen-bond acceptors (Lipinski definition) is 2. The Morgan fingerprint density at radius 1 is 1.35 bits per heavy atom. The van der Waals surface area contributed by atoms with Gasteiger partial charge in [0.2, 0.25) is 0 Å². The van der Waals surface area contributed by atoms with Gasteiger partial charge in [-0.15, -0.1) is 0 Å². The molecule has 2 rings (SSSR count). The molecule has 2 heteroatoms. The van der Waals surface area contributed by atoms with Gasteiger partial charge in [-0.05, 0) is 55.8 Å². The average molecular weight is 275 g/mol. The Labute approximate surface area is 123 Å². The number of benzene rings is 1. The molecule has 0 aliphatic heterocycles. The van der Waals surface area contributed by atoms with Gasteiger partial charge in [0, 0.05) is 6.04 Å². The quantitative estimate of drug-likeness (QED) is 0.855. The Bertz CT molecular complexity index is 429. The monoisotopic (exact) mass is 275 g/mol. The third kappa shape index (κ3) is 3.35. The molecule has 0 amide bonds. The normalized spacial score (nSPS) is 24.4. The molecule has 20 heavy (non-hydrogen) atoms. The second-order valence-electron chi connectivity index (χ2n) is 6.20. The molecule has 3 atom stereocenters. The molecule has 0 heterocycles. The first-order valence-corrected chi connectivity index (χ1v) is 8.01. The zero-order chi connectivity index (χ0) is 14.5. The van der Waals surface area contributed by atoms with Crippen LogP contribution in [0.1, 0.15) is 56.2 Å². The summed E-state index contributed by atoms with van der Waals surface area (Å²) in [6, 6.07) is 7.11. The average Bonchev–Trinajstić information content (AvgIpc) is 2.50. The van der Waals surface area contributed by atoms with Crippen LogP contribution < -0.4 is 10.1 Å². The number of methoxy groups -OCH3 is 1. The molecule has 1 fully saturated rings. The minimum Gasteiger partial charge on any atom is -0.496 e.